The van der Waals surface area contributed by atoms with Crippen LogP contribution in [0.3, 0.4) is 0 Å². The summed E-state index contributed by atoms with van der Waals surface area (Å²) >= 11 is 12.6. The van der Waals surface area contributed by atoms with Crippen molar-refractivity contribution in [1.82, 2.24) is 0 Å². The van der Waals surface area contributed by atoms with Gasteiger partial charge in [0.15, 0.2) is 6.61 Å². The van der Waals surface area contributed by atoms with Crippen molar-refractivity contribution in [3.05, 3.63) is 92.5 Å². The average Bonchev–Trinajstić information content (AvgIpc) is 2.74. The number of carbonyl (C=O) groups is 1. The molecule has 0 radical (unpaired) electrons. The van der Waals surface area contributed by atoms with Gasteiger partial charge in [0.1, 0.15) is 23.1 Å². The molecular weight excluding hydrogens is 461 g/mol. The largest absolute Gasteiger partial charge is 0.508 e. The van der Waals surface area contributed by atoms with Crippen molar-refractivity contribution < 1.29 is 28.5 Å². The third kappa shape index (κ3) is 5.31. The summed E-state index contributed by atoms with van der Waals surface area (Å²) in [6.45, 7) is 1.30. The number of benzene rings is 3. The average molecular weight is 481 g/mol. The highest BCUT2D eigenvalue weighted by Gasteiger charge is 2.23. The van der Waals surface area contributed by atoms with E-state index in [0.29, 0.717) is 17.5 Å². The van der Waals surface area contributed by atoms with E-state index in [1.54, 1.807) is 12.1 Å². The highest BCUT2D eigenvalue weighted by Crippen LogP contribution is 2.39. The molecule has 0 heterocycles. The van der Waals surface area contributed by atoms with Gasteiger partial charge in [-0.25, -0.2) is 13.6 Å². The summed E-state index contributed by atoms with van der Waals surface area (Å²) < 4.78 is 34.0. The molecule has 3 aromatic rings. The van der Waals surface area contributed by atoms with E-state index in [1.807, 2.05) is 6.92 Å². The predicted molar refractivity (Wildman–Crippen MR) is 119 cm³/mol. The SMILES string of the molecule is CCC(c1ccc(F)cc1)c1c(O)ccc(Cc2c(Cl)cc(OCC(=O)O)cc2Cl)c1F. The van der Waals surface area contributed by atoms with Crippen LogP contribution in [-0.2, 0) is 11.2 Å². The summed E-state index contributed by atoms with van der Waals surface area (Å²) in [6, 6.07) is 11.4. The minimum Gasteiger partial charge on any atom is -0.508 e. The van der Waals surface area contributed by atoms with Crippen molar-refractivity contribution >= 4 is 29.2 Å². The molecular formula is C24H20Cl2F2O4. The Morgan fingerprint density at radius 3 is 2.25 bits per heavy atom. The van der Waals surface area contributed by atoms with Gasteiger partial charge in [0.2, 0.25) is 0 Å². The monoisotopic (exact) mass is 480 g/mol. The molecule has 8 heteroatoms. The molecule has 4 nitrogen and oxygen atoms in total. The van der Waals surface area contributed by atoms with Crippen LogP contribution in [0.5, 0.6) is 11.5 Å². The Bertz CT molecular complexity index is 1110. The Morgan fingerprint density at radius 2 is 1.69 bits per heavy atom. The third-order valence-electron chi connectivity index (χ3n) is 5.11. The highest BCUT2D eigenvalue weighted by molar-refractivity contribution is 6.36. The maximum absolute atomic E-state index is 15.6. The number of hydrogen-bond donors (Lipinski definition) is 2. The van der Waals surface area contributed by atoms with Crippen LogP contribution in [0.2, 0.25) is 10.0 Å². The second-order valence-electron chi connectivity index (χ2n) is 7.21. The molecule has 3 aromatic carbocycles. The van der Waals surface area contributed by atoms with Gasteiger partial charge in [-0.05, 0) is 53.4 Å². The third-order valence-corrected chi connectivity index (χ3v) is 5.78. The minimum atomic E-state index is -1.15. The van der Waals surface area contributed by atoms with E-state index in [9.17, 15) is 14.3 Å². The Balaban J connectivity index is 1.97. The second-order valence-corrected chi connectivity index (χ2v) is 8.02. The van der Waals surface area contributed by atoms with Gasteiger partial charge < -0.3 is 14.9 Å². The number of ether oxygens (including phenoxy) is 1. The van der Waals surface area contributed by atoms with E-state index in [2.05, 4.69) is 0 Å². The lowest BCUT2D eigenvalue weighted by Gasteiger charge is -2.20. The molecule has 0 saturated carbocycles. The topological polar surface area (TPSA) is 66.8 Å². The van der Waals surface area contributed by atoms with Crippen LogP contribution < -0.4 is 4.74 Å². The molecule has 1 atom stereocenters. The summed E-state index contributed by atoms with van der Waals surface area (Å²) in [5, 5.41) is 19.5. The molecule has 168 valence electrons. The number of phenols is 1. The van der Waals surface area contributed by atoms with E-state index in [4.69, 9.17) is 33.0 Å². The van der Waals surface area contributed by atoms with Crippen LogP contribution in [0.1, 0.15) is 41.5 Å². The lowest BCUT2D eigenvalue weighted by molar-refractivity contribution is -0.139. The molecule has 3 rings (SSSR count). The molecule has 0 aliphatic carbocycles. The zero-order valence-corrected chi connectivity index (χ0v) is 18.6. The molecule has 0 spiro atoms. The molecule has 0 saturated heterocycles. The minimum absolute atomic E-state index is 0.0375. The number of rotatable bonds is 8. The van der Waals surface area contributed by atoms with Gasteiger partial charge in [0.05, 0.1) is 0 Å². The van der Waals surface area contributed by atoms with Crippen molar-refractivity contribution in [2.45, 2.75) is 25.7 Å². The van der Waals surface area contributed by atoms with Gasteiger partial charge in [-0.2, -0.15) is 0 Å². The molecule has 32 heavy (non-hydrogen) atoms. The fraction of sp³-hybridized carbons (Fsp3) is 0.208. The second kappa shape index (κ2) is 10.2. The molecule has 0 fully saturated rings. The Morgan fingerprint density at radius 1 is 1.06 bits per heavy atom. The fourth-order valence-corrected chi connectivity index (χ4v) is 4.17. The van der Waals surface area contributed by atoms with Crippen LogP contribution in [0, 0.1) is 11.6 Å². The lowest BCUT2D eigenvalue weighted by Crippen LogP contribution is -2.09. The van der Waals surface area contributed by atoms with Crippen LogP contribution in [0.4, 0.5) is 8.78 Å². The number of carboxylic acids is 1. The summed E-state index contributed by atoms with van der Waals surface area (Å²) in [7, 11) is 0. The molecule has 2 N–H and O–H groups in total. The van der Waals surface area contributed by atoms with Crippen molar-refractivity contribution in [1.29, 1.82) is 0 Å². The first-order valence-corrected chi connectivity index (χ1v) is 10.5. The molecule has 0 aromatic heterocycles. The summed E-state index contributed by atoms with van der Waals surface area (Å²) in [5.74, 6) is -2.64. The molecule has 0 aliphatic heterocycles. The van der Waals surface area contributed by atoms with E-state index in [0.717, 1.165) is 0 Å². The first-order valence-electron chi connectivity index (χ1n) is 9.79. The van der Waals surface area contributed by atoms with E-state index in [1.165, 1.54) is 36.4 Å². The quantitative estimate of drug-likeness (QED) is 0.382. The van der Waals surface area contributed by atoms with Crippen molar-refractivity contribution in [3.63, 3.8) is 0 Å². The van der Waals surface area contributed by atoms with Gasteiger partial charge in [-0.15, -0.1) is 0 Å². The van der Waals surface area contributed by atoms with Crippen LogP contribution >= 0.6 is 23.2 Å². The lowest BCUT2D eigenvalue weighted by atomic mass is 9.86. The smallest absolute Gasteiger partial charge is 0.341 e. The van der Waals surface area contributed by atoms with Crippen molar-refractivity contribution in [3.8, 4) is 11.5 Å². The number of halogens is 4. The van der Waals surface area contributed by atoms with Crippen LogP contribution in [-0.4, -0.2) is 22.8 Å². The fourth-order valence-electron chi connectivity index (χ4n) is 3.56. The van der Waals surface area contributed by atoms with Crippen LogP contribution in [0.15, 0.2) is 48.5 Å². The van der Waals surface area contributed by atoms with E-state index in [-0.39, 0.29) is 39.1 Å². The predicted octanol–water partition coefficient (Wildman–Crippen LogP) is 6.57. The molecule has 0 bridgehead atoms. The molecule has 0 aliphatic rings. The zero-order valence-electron chi connectivity index (χ0n) is 17.0. The summed E-state index contributed by atoms with van der Waals surface area (Å²) in [4.78, 5) is 10.7. The van der Waals surface area contributed by atoms with Crippen molar-refractivity contribution in [2.75, 3.05) is 6.61 Å². The van der Waals surface area contributed by atoms with E-state index >= 15 is 4.39 Å². The van der Waals surface area contributed by atoms with E-state index < -0.39 is 30.1 Å². The molecule has 0 amide bonds. The highest BCUT2D eigenvalue weighted by atomic mass is 35.5. The number of phenolic OH excluding ortho intramolecular Hbond substituents is 1. The number of aromatic hydroxyl groups is 1. The number of carboxylic acid groups (broad SMARTS) is 1. The Labute approximate surface area is 194 Å². The standard InChI is InChI=1S/C24H20Cl2F2O4/c1-2-17(13-3-6-15(27)7-4-13)23-21(29)8-5-14(24(23)28)9-18-19(25)10-16(11-20(18)26)32-12-22(30)31/h3-8,10-11,17,29H,2,9,12H2,1H3,(H,30,31). The summed E-state index contributed by atoms with van der Waals surface area (Å²) in [6.07, 6.45) is 0.520. The summed E-state index contributed by atoms with van der Waals surface area (Å²) in [5.41, 5.74) is 1.49. The number of hydrogen-bond acceptors (Lipinski definition) is 3. The van der Waals surface area contributed by atoms with Gasteiger partial charge >= 0.3 is 5.97 Å². The molecule has 1 unspecified atom stereocenters. The van der Waals surface area contributed by atoms with Gasteiger partial charge in [-0.1, -0.05) is 48.3 Å². The zero-order chi connectivity index (χ0) is 23.4. The van der Waals surface area contributed by atoms with Crippen LogP contribution in [0.25, 0.3) is 0 Å². The van der Waals surface area contributed by atoms with Gasteiger partial charge in [0, 0.05) is 27.9 Å². The maximum atomic E-state index is 15.6. The Kier molecular flexibility index (Phi) is 7.59. The normalized spacial score (nSPS) is 11.9. The van der Waals surface area contributed by atoms with Gasteiger partial charge in [0.25, 0.3) is 0 Å². The first-order chi connectivity index (χ1) is 15.2. The first kappa shape index (κ1) is 23.8. The number of aliphatic carboxylic acids is 1. The maximum Gasteiger partial charge on any atom is 0.341 e. The van der Waals surface area contributed by atoms with Crippen molar-refractivity contribution in [2.24, 2.45) is 0 Å². The Hall–Kier alpha value is -2.83. The van der Waals surface area contributed by atoms with Gasteiger partial charge in [-0.3, -0.25) is 0 Å².